The molecule has 6 fully saturated rings. The molecule has 0 radical (unpaired) electrons. The van der Waals surface area contributed by atoms with Gasteiger partial charge >= 0.3 is 5.97 Å². The minimum absolute atomic E-state index is 0.0593. The van der Waals surface area contributed by atoms with E-state index in [9.17, 15) is 9.90 Å². The lowest BCUT2D eigenvalue weighted by atomic mass is 9.69. The van der Waals surface area contributed by atoms with E-state index in [1.807, 2.05) is 0 Å². The van der Waals surface area contributed by atoms with Gasteiger partial charge in [-0.05, 0) is 78.9 Å². The molecule has 0 aromatic heterocycles. The van der Waals surface area contributed by atoms with Crippen molar-refractivity contribution in [1.82, 2.24) is 0 Å². The van der Waals surface area contributed by atoms with Gasteiger partial charge in [0.05, 0.1) is 18.6 Å². The van der Waals surface area contributed by atoms with E-state index in [0.29, 0.717) is 23.7 Å². The molecule has 0 amide bonds. The van der Waals surface area contributed by atoms with Crippen molar-refractivity contribution in [2.45, 2.75) is 37.9 Å². The van der Waals surface area contributed by atoms with Crippen LogP contribution >= 0.6 is 0 Å². The average molecular weight is 356 g/mol. The van der Waals surface area contributed by atoms with Gasteiger partial charge in [-0.1, -0.05) is 12.2 Å². The molecule has 7 rings (SSSR count). The van der Waals surface area contributed by atoms with Crippen LogP contribution in [0.1, 0.15) is 25.7 Å². The van der Waals surface area contributed by atoms with Crippen LogP contribution in [0.5, 0.6) is 0 Å². The van der Waals surface area contributed by atoms with E-state index in [4.69, 9.17) is 9.47 Å². The summed E-state index contributed by atoms with van der Waals surface area (Å²) < 4.78 is 12.2. The smallest absolute Gasteiger partial charge is 0.309 e. The van der Waals surface area contributed by atoms with Crippen LogP contribution in [-0.4, -0.2) is 36.5 Å². The number of carbonyl (C=O) groups excluding carboxylic acids is 1. The molecule has 6 aliphatic carbocycles. The van der Waals surface area contributed by atoms with E-state index in [-0.39, 0.29) is 36.6 Å². The minimum atomic E-state index is -0.0988. The van der Waals surface area contributed by atoms with E-state index >= 15 is 0 Å². The fraction of sp³-hybridized carbons (Fsp3) is 0.864. The number of fused-ring (bicyclic) bond motifs is 10. The van der Waals surface area contributed by atoms with Crippen molar-refractivity contribution in [3.63, 3.8) is 0 Å². The molecule has 0 aromatic rings. The van der Waals surface area contributed by atoms with Crippen molar-refractivity contribution in [3.05, 3.63) is 12.2 Å². The Labute approximate surface area is 154 Å². The predicted molar refractivity (Wildman–Crippen MR) is 92.7 cm³/mol. The quantitative estimate of drug-likeness (QED) is 0.479. The number of aliphatic hydroxyl groups excluding tert-OH is 1. The van der Waals surface area contributed by atoms with Crippen LogP contribution in [0.15, 0.2) is 12.2 Å². The highest BCUT2D eigenvalue weighted by Gasteiger charge is 2.65. The Bertz CT molecular complexity index is 688. The zero-order valence-corrected chi connectivity index (χ0v) is 15.1. The molecular formula is C22H28O4. The first kappa shape index (κ1) is 15.1. The Balaban J connectivity index is 1.11. The van der Waals surface area contributed by atoms with Gasteiger partial charge in [-0.2, -0.15) is 0 Å². The Morgan fingerprint density at radius 2 is 1.85 bits per heavy atom. The SMILES string of the molecule is O=C(OC1C2CC3C(COC31)C2CO)C1CC2CC1C1C3C=CC(C3)C21. The molecule has 1 heterocycles. The van der Waals surface area contributed by atoms with E-state index < -0.39 is 0 Å². The summed E-state index contributed by atoms with van der Waals surface area (Å²) in [5.41, 5.74) is 0. The normalized spacial score (nSPS) is 62.4. The third-order valence-corrected chi connectivity index (χ3v) is 9.88. The maximum Gasteiger partial charge on any atom is 0.309 e. The molecular weight excluding hydrogens is 328 g/mol. The number of esters is 1. The van der Waals surface area contributed by atoms with E-state index in [0.717, 1.165) is 49.0 Å². The van der Waals surface area contributed by atoms with Crippen LogP contribution in [0.2, 0.25) is 0 Å². The highest BCUT2D eigenvalue weighted by molar-refractivity contribution is 5.74. The number of carbonyl (C=O) groups is 1. The van der Waals surface area contributed by atoms with Gasteiger partial charge in [0.25, 0.3) is 0 Å². The van der Waals surface area contributed by atoms with Gasteiger partial charge in [0.1, 0.15) is 6.10 Å². The van der Waals surface area contributed by atoms with Gasteiger partial charge in [-0.25, -0.2) is 0 Å². The maximum absolute atomic E-state index is 13.2. The Morgan fingerprint density at radius 1 is 1.00 bits per heavy atom. The van der Waals surface area contributed by atoms with Crippen molar-refractivity contribution in [1.29, 1.82) is 0 Å². The fourth-order valence-corrected chi connectivity index (χ4v) is 9.16. The fourth-order valence-electron chi connectivity index (χ4n) is 9.16. The molecule has 140 valence electrons. The Morgan fingerprint density at radius 3 is 2.69 bits per heavy atom. The van der Waals surface area contributed by atoms with E-state index in [2.05, 4.69) is 12.2 Å². The molecule has 1 saturated heterocycles. The number of allylic oxidation sites excluding steroid dienone is 2. The van der Waals surface area contributed by atoms with Crippen molar-refractivity contribution in [3.8, 4) is 0 Å². The lowest BCUT2D eigenvalue weighted by Gasteiger charge is -2.37. The molecule has 5 saturated carbocycles. The molecule has 26 heavy (non-hydrogen) atoms. The summed E-state index contributed by atoms with van der Waals surface area (Å²) >= 11 is 0. The van der Waals surface area contributed by atoms with Crippen LogP contribution in [0.4, 0.5) is 0 Å². The molecule has 1 N–H and O–H groups in total. The number of hydrogen-bond acceptors (Lipinski definition) is 4. The standard InChI is InChI=1S/C22H28O4/c23-7-16-13-6-14-17(16)8-25-20(14)21(13)26-22(24)15-5-11-4-12(15)19-10-2-1-9(3-10)18(11)19/h1-2,9-21,23H,3-8H2. The molecule has 6 bridgehead atoms. The summed E-state index contributed by atoms with van der Waals surface area (Å²) in [5, 5.41) is 9.82. The maximum atomic E-state index is 13.2. The highest BCUT2D eigenvalue weighted by Crippen LogP contribution is 2.67. The van der Waals surface area contributed by atoms with Gasteiger partial charge in [-0.3, -0.25) is 4.79 Å². The molecule has 4 nitrogen and oxygen atoms in total. The van der Waals surface area contributed by atoms with E-state index in [1.165, 1.54) is 12.8 Å². The van der Waals surface area contributed by atoms with Crippen LogP contribution in [-0.2, 0) is 14.3 Å². The van der Waals surface area contributed by atoms with Gasteiger partial charge in [0.2, 0.25) is 0 Å². The van der Waals surface area contributed by atoms with Gasteiger partial charge in [0, 0.05) is 12.5 Å². The summed E-state index contributed by atoms with van der Waals surface area (Å²) in [6.07, 6.45) is 9.62. The molecule has 0 aromatic carbocycles. The van der Waals surface area contributed by atoms with Crippen molar-refractivity contribution in [2.75, 3.05) is 13.2 Å². The Kier molecular flexibility index (Phi) is 2.87. The zero-order chi connectivity index (χ0) is 17.2. The van der Waals surface area contributed by atoms with Crippen LogP contribution in [0.3, 0.4) is 0 Å². The number of hydrogen-bond donors (Lipinski definition) is 1. The molecule has 13 unspecified atom stereocenters. The molecule has 0 spiro atoms. The molecule has 13 atom stereocenters. The summed E-state index contributed by atoms with van der Waals surface area (Å²) in [5.74, 6) is 6.23. The summed E-state index contributed by atoms with van der Waals surface area (Å²) in [6.45, 7) is 0.960. The summed E-state index contributed by atoms with van der Waals surface area (Å²) in [6, 6.07) is 0. The third kappa shape index (κ3) is 1.64. The first-order valence-corrected chi connectivity index (χ1v) is 10.9. The van der Waals surface area contributed by atoms with Gasteiger partial charge < -0.3 is 14.6 Å². The van der Waals surface area contributed by atoms with E-state index in [1.54, 1.807) is 0 Å². The highest BCUT2D eigenvalue weighted by atomic mass is 16.6. The van der Waals surface area contributed by atoms with Gasteiger partial charge in [-0.15, -0.1) is 0 Å². The second kappa shape index (κ2) is 4.94. The lowest BCUT2D eigenvalue weighted by Crippen LogP contribution is -2.44. The topological polar surface area (TPSA) is 55.8 Å². The molecule has 1 aliphatic heterocycles. The third-order valence-electron chi connectivity index (χ3n) is 9.88. The monoisotopic (exact) mass is 356 g/mol. The van der Waals surface area contributed by atoms with Crippen LogP contribution in [0, 0.1) is 65.1 Å². The zero-order valence-electron chi connectivity index (χ0n) is 15.1. The predicted octanol–water partition coefficient (Wildman–Crippen LogP) is 2.27. The summed E-state index contributed by atoms with van der Waals surface area (Å²) in [7, 11) is 0. The number of aliphatic hydroxyl groups is 1. The number of rotatable bonds is 3. The summed E-state index contributed by atoms with van der Waals surface area (Å²) in [4.78, 5) is 13.2. The van der Waals surface area contributed by atoms with Crippen molar-refractivity contribution < 1.29 is 19.4 Å². The number of ether oxygens (including phenoxy) is 2. The van der Waals surface area contributed by atoms with Crippen LogP contribution < -0.4 is 0 Å². The Hall–Kier alpha value is -0.870. The lowest BCUT2D eigenvalue weighted by molar-refractivity contribution is -0.167. The minimum Gasteiger partial charge on any atom is -0.459 e. The van der Waals surface area contributed by atoms with Crippen molar-refractivity contribution >= 4 is 5.97 Å². The van der Waals surface area contributed by atoms with Gasteiger partial charge in [0.15, 0.2) is 0 Å². The average Bonchev–Trinajstić information content (AvgIpc) is 3.45. The second-order valence-corrected chi connectivity index (χ2v) is 10.4. The van der Waals surface area contributed by atoms with Crippen LogP contribution in [0.25, 0.3) is 0 Å². The first-order chi connectivity index (χ1) is 12.7. The largest absolute Gasteiger partial charge is 0.459 e. The second-order valence-electron chi connectivity index (χ2n) is 10.4. The first-order valence-electron chi connectivity index (χ1n) is 10.9. The molecule has 7 aliphatic rings. The molecule has 4 heteroatoms. The van der Waals surface area contributed by atoms with Crippen molar-refractivity contribution in [2.24, 2.45) is 65.1 Å².